The quantitative estimate of drug-likeness (QED) is 0.297. The summed E-state index contributed by atoms with van der Waals surface area (Å²) in [5.41, 5.74) is 5.08. The minimum atomic E-state index is -1.20. The fourth-order valence-electron chi connectivity index (χ4n) is 0.905. The van der Waals surface area contributed by atoms with E-state index in [0.717, 1.165) is 0 Å². The second-order valence-corrected chi connectivity index (χ2v) is 3.82. The Kier molecular flexibility index (Phi) is 7.75. The molecule has 0 fully saturated rings. The summed E-state index contributed by atoms with van der Waals surface area (Å²) in [6.45, 7) is -0.257. The first-order chi connectivity index (χ1) is 7.96. The number of nitrogens with two attached hydrogens (primary N) is 1. The molecule has 0 aliphatic rings. The second kappa shape index (κ2) is 8.20. The zero-order valence-electron chi connectivity index (χ0n) is 8.92. The fourth-order valence-corrected chi connectivity index (χ4v) is 1.41. The average Bonchev–Trinajstić information content (AvgIpc) is 2.31. The van der Waals surface area contributed by atoms with Gasteiger partial charge in [-0.1, -0.05) is 0 Å². The lowest BCUT2D eigenvalue weighted by Gasteiger charge is -2.18. The van der Waals surface area contributed by atoms with Gasteiger partial charge in [0, 0.05) is 11.5 Å². The van der Waals surface area contributed by atoms with E-state index in [1.165, 1.54) is 0 Å². The largest absolute Gasteiger partial charge is 0.480 e. The lowest BCUT2D eigenvalue weighted by molar-refractivity contribution is -0.141. The van der Waals surface area contributed by atoms with E-state index in [4.69, 9.17) is 10.8 Å². The maximum atomic E-state index is 11.6. The van der Waals surface area contributed by atoms with Crippen LogP contribution in [0.2, 0.25) is 0 Å². The van der Waals surface area contributed by atoms with Crippen molar-refractivity contribution in [3.63, 3.8) is 0 Å². The van der Waals surface area contributed by atoms with E-state index in [2.05, 4.69) is 35.9 Å². The number of hydrogen-bond acceptors (Lipinski definition) is 6. The summed E-state index contributed by atoms with van der Waals surface area (Å²) >= 11 is 7.68. The van der Waals surface area contributed by atoms with Gasteiger partial charge in [-0.25, -0.2) is 4.79 Å². The number of hydrogen-bond donors (Lipinski definition) is 6. The number of carbonyl (C=O) groups excluding carboxylic acids is 2. The maximum Gasteiger partial charge on any atom is 0.327 e. The molecule has 0 heterocycles. The number of carboxylic acid groups (broad SMARTS) is 1. The molecule has 7 nitrogen and oxygen atoms in total. The van der Waals surface area contributed by atoms with E-state index in [0.29, 0.717) is 0 Å². The van der Waals surface area contributed by atoms with Crippen LogP contribution in [0.5, 0.6) is 0 Å². The first kappa shape index (κ1) is 16.1. The molecule has 2 atom stereocenters. The fraction of sp³-hybridized carbons (Fsp3) is 0.625. The molecule has 5 N–H and O–H groups in total. The molecule has 2 amide bonds. The van der Waals surface area contributed by atoms with E-state index in [1.807, 2.05) is 0 Å². The summed E-state index contributed by atoms with van der Waals surface area (Å²) in [7, 11) is 0. The number of carboxylic acids is 1. The van der Waals surface area contributed by atoms with Crippen LogP contribution in [0.25, 0.3) is 0 Å². The molecular weight excluding hydrogens is 266 g/mol. The van der Waals surface area contributed by atoms with Crippen LogP contribution in [0.15, 0.2) is 0 Å². The van der Waals surface area contributed by atoms with Crippen molar-refractivity contribution in [2.75, 3.05) is 18.1 Å². The summed E-state index contributed by atoms with van der Waals surface area (Å²) in [5.74, 6) is -2.36. The normalized spacial score (nSPS) is 13.6. The highest BCUT2D eigenvalue weighted by Crippen LogP contribution is 1.93. The number of nitrogens with one attached hydrogen (secondary N) is 2. The highest BCUT2D eigenvalue weighted by molar-refractivity contribution is 7.80. The molecule has 2 unspecified atom stereocenters. The SMILES string of the molecule is NCC(=O)NC(CS)C(=O)NC(CS)C(=O)O. The van der Waals surface area contributed by atoms with Gasteiger partial charge in [0.2, 0.25) is 11.8 Å². The lowest BCUT2D eigenvalue weighted by atomic mass is 10.2. The molecule has 0 aromatic heterocycles. The zero-order chi connectivity index (χ0) is 13.4. The first-order valence-corrected chi connectivity index (χ1v) is 5.97. The Hall–Kier alpha value is -0.930. The van der Waals surface area contributed by atoms with Crippen molar-refractivity contribution in [2.45, 2.75) is 12.1 Å². The van der Waals surface area contributed by atoms with Gasteiger partial charge < -0.3 is 21.5 Å². The van der Waals surface area contributed by atoms with Gasteiger partial charge >= 0.3 is 5.97 Å². The number of carbonyl (C=O) groups is 3. The molecule has 17 heavy (non-hydrogen) atoms. The van der Waals surface area contributed by atoms with Crippen LogP contribution in [0.4, 0.5) is 0 Å². The van der Waals surface area contributed by atoms with E-state index < -0.39 is 29.9 Å². The Balaban J connectivity index is 4.43. The lowest BCUT2D eigenvalue weighted by Crippen LogP contribution is -2.53. The Morgan fingerprint density at radius 1 is 1.12 bits per heavy atom. The summed E-state index contributed by atoms with van der Waals surface area (Å²) in [4.78, 5) is 33.2. The maximum absolute atomic E-state index is 11.6. The van der Waals surface area contributed by atoms with Gasteiger partial charge in [-0.3, -0.25) is 9.59 Å². The Morgan fingerprint density at radius 2 is 1.65 bits per heavy atom. The molecule has 98 valence electrons. The van der Waals surface area contributed by atoms with Gasteiger partial charge in [-0.15, -0.1) is 0 Å². The van der Waals surface area contributed by atoms with Gasteiger partial charge in [-0.2, -0.15) is 25.3 Å². The van der Waals surface area contributed by atoms with Gasteiger partial charge in [0.05, 0.1) is 6.54 Å². The van der Waals surface area contributed by atoms with Crippen LogP contribution < -0.4 is 16.4 Å². The van der Waals surface area contributed by atoms with Crippen LogP contribution in [0.3, 0.4) is 0 Å². The third-order valence-electron chi connectivity index (χ3n) is 1.82. The van der Waals surface area contributed by atoms with Crippen molar-refractivity contribution in [3.8, 4) is 0 Å². The number of aliphatic carboxylic acids is 1. The molecular formula is C8H15N3O4S2. The number of thiol groups is 2. The van der Waals surface area contributed by atoms with Crippen molar-refractivity contribution >= 4 is 43.0 Å². The van der Waals surface area contributed by atoms with Gasteiger partial charge in [0.25, 0.3) is 0 Å². The summed E-state index contributed by atoms with van der Waals surface area (Å²) in [5, 5.41) is 13.3. The molecule has 0 bridgehead atoms. The molecule has 0 rings (SSSR count). The Bertz CT molecular complexity index is 300. The predicted molar refractivity (Wildman–Crippen MR) is 68.3 cm³/mol. The van der Waals surface area contributed by atoms with Crippen molar-refractivity contribution in [1.29, 1.82) is 0 Å². The highest BCUT2D eigenvalue weighted by atomic mass is 32.1. The van der Waals surface area contributed by atoms with Crippen LogP contribution >= 0.6 is 25.3 Å². The molecule has 0 aliphatic carbocycles. The topological polar surface area (TPSA) is 122 Å². The Morgan fingerprint density at radius 3 is 2.00 bits per heavy atom. The molecule has 0 aromatic rings. The van der Waals surface area contributed by atoms with E-state index in [9.17, 15) is 14.4 Å². The average molecular weight is 281 g/mol. The Labute approximate surface area is 109 Å². The minimum absolute atomic E-state index is 0.0382. The molecule has 0 saturated carbocycles. The first-order valence-electron chi connectivity index (χ1n) is 4.70. The van der Waals surface area contributed by atoms with Gasteiger partial charge in [-0.05, 0) is 0 Å². The van der Waals surface area contributed by atoms with Crippen molar-refractivity contribution in [3.05, 3.63) is 0 Å². The van der Waals surface area contributed by atoms with Crippen molar-refractivity contribution < 1.29 is 19.5 Å². The molecule has 9 heteroatoms. The minimum Gasteiger partial charge on any atom is -0.480 e. The highest BCUT2D eigenvalue weighted by Gasteiger charge is 2.24. The molecule has 0 saturated heterocycles. The van der Waals surface area contributed by atoms with Crippen LogP contribution in [-0.4, -0.2) is 53.0 Å². The van der Waals surface area contributed by atoms with Crippen molar-refractivity contribution in [1.82, 2.24) is 10.6 Å². The summed E-state index contributed by atoms with van der Waals surface area (Å²) in [6, 6.07) is -2.03. The molecule has 0 aliphatic heterocycles. The summed E-state index contributed by atoms with van der Waals surface area (Å²) in [6.07, 6.45) is 0. The third kappa shape index (κ3) is 5.80. The third-order valence-corrected chi connectivity index (χ3v) is 2.55. The zero-order valence-corrected chi connectivity index (χ0v) is 10.7. The van der Waals surface area contributed by atoms with Gasteiger partial charge in [0.1, 0.15) is 12.1 Å². The molecule has 0 radical (unpaired) electrons. The second-order valence-electron chi connectivity index (χ2n) is 3.09. The molecule has 0 aromatic carbocycles. The van der Waals surface area contributed by atoms with E-state index >= 15 is 0 Å². The van der Waals surface area contributed by atoms with Crippen LogP contribution in [0, 0.1) is 0 Å². The molecule has 0 spiro atoms. The van der Waals surface area contributed by atoms with Crippen LogP contribution in [0.1, 0.15) is 0 Å². The van der Waals surface area contributed by atoms with Gasteiger partial charge in [0.15, 0.2) is 0 Å². The summed E-state index contributed by atoms with van der Waals surface area (Å²) < 4.78 is 0. The van der Waals surface area contributed by atoms with E-state index in [1.54, 1.807) is 0 Å². The van der Waals surface area contributed by atoms with Crippen molar-refractivity contribution in [2.24, 2.45) is 5.73 Å². The monoisotopic (exact) mass is 281 g/mol. The predicted octanol–water partition coefficient (Wildman–Crippen LogP) is -2.14. The standard InChI is InChI=1S/C8H15N3O4S2/c9-1-6(12)10-4(2-16)7(13)11-5(3-17)8(14)15/h4-5,16-17H,1-3,9H2,(H,10,12)(H,11,13)(H,14,15). The number of amides is 2. The van der Waals surface area contributed by atoms with E-state index in [-0.39, 0.29) is 18.1 Å². The smallest absolute Gasteiger partial charge is 0.327 e. The number of rotatable bonds is 7. The van der Waals surface area contributed by atoms with Crippen LogP contribution in [-0.2, 0) is 14.4 Å².